The number of esters is 2. The van der Waals surface area contributed by atoms with Crippen LogP contribution in [0.3, 0.4) is 0 Å². The molecule has 0 saturated carbocycles. The van der Waals surface area contributed by atoms with Crippen LogP contribution in [0.2, 0.25) is 0 Å². The molecule has 6 N–H and O–H groups in total. The third-order valence-electron chi connectivity index (χ3n) is 9.46. The van der Waals surface area contributed by atoms with Crippen molar-refractivity contribution in [3.63, 3.8) is 0 Å². The number of carbonyl (C=O) groups excluding carboxylic acids is 2. The summed E-state index contributed by atoms with van der Waals surface area (Å²) < 4.78 is 47.7. The van der Waals surface area contributed by atoms with Gasteiger partial charge in [-0.2, -0.15) is 0 Å². The highest BCUT2D eigenvalue weighted by Crippen LogP contribution is 2.43. The van der Waals surface area contributed by atoms with Crippen LogP contribution in [0.15, 0.2) is 72.9 Å². The van der Waals surface area contributed by atoms with Crippen molar-refractivity contribution in [1.29, 1.82) is 0 Å². The molecule has 0 aromatic rings. The highest BCUT2D eigenvalue weighted by atomic mass is 31.2. The summed E-state index contributed by atoms with van der Waals surface area (Å²) in [4.78, 5) is 52.8. The van der Waals surface area contributed by atoms with Crippen molar-refractivity contribution in [3.05, 3.63) is 72.9 Å². The molecule has 17 heteroatoms. The molecule has 0 radical (unpaired) electrons. The van der Waals surface area contributed by atoms with Crippen LogP contribution in [-0.4, -0.2) is 92.8 Å². The molecule has 0 rings (SSSR count). The predicted molar refractivity (Wildman–Crippen MR) is 251 cm³/mol. The third-order valence-corrected chi connectivity index (χ3v) is 10.9. The van der Waals surface area contributed by atoms with Crippen molar-refractivity contribution in [2.75, 3.05) is 26.4 Å². The molecule has 15 nitrogen and oxygen atoms in total. The van der Waals surface area contributed by atoms with E-state index in [1.807, 2.05) is 37.3 Å². The summed E-state index contributed by atoms with van der Waals surface area (Å²) in [7, 11) is -9.75. The fourth-order valence-corrected chi connectivity index (χ4v) is 7.07. The first-order valence-corrected chi connectivity index (χ1v) is 26.2. The number of phosphoric acid groups is 2. The first-order chi connectivity index (χ1) is 30.5. The maximum atomic E-state index is 12.7. The average molecular weight is 949 g/mol. The number of rotatable bonds is 42. The number of unbranched alkanes of at least 4 members (excludes halogenated alkanes) is 12. The van der Waals surface area contributed by atoms with Gasteiger partial charge in [0.2, 0.25) is 0 Å². The van der Waals surface area contributed by atoms with Gasteiger partial charge in [-0.15, -0.1) is 0 Å². The van der Waals surface area contributed by atoms with E-state index in [-0.39, 0.29) is 12.8 Å². The molecule has 0 aliphatic heterocycles. The van der Waals surface area contributed by atoms with Gasteiger partial charge in [0, 0.05) is 12.8 Å². The highest BCUT2D eigenvalue weighted by Gasteiger charge is 2.28. The normalized spacial score (nSPS) is 15.7. The molecule has 0 bridgehead atoms. The smallest absolute Gasteiger partial charge is 0.462 e. The number of hydrogen-bond acceptors (Lipinski definition) is 12. The molecule has 0 heterocycles. The summed E-state index contributed by atoms with van der Waals surface area (Å²) in [5.41, 5.74) is 0. The molecule has 0 aromatic carbocycles. The van der Waals surface area contributed by atoms with Gasteiger partial charge in [0.25, 0.3) is 0 Å². The van der Waals surface area contributed by atoms with Gasteiger partial charge in [-0.1, -0.05) is 177 Å². The molecular weight excluding hydrogens is 866 g/mol. The summed E-state index contributed by atoms with van der Waals surface area (Å²) >= 11 is 0. The van der Waals surface area contributed by atoms with E-state index in [2.05, 4.69) is 22.9 Å². The van der Waals surface area contributed by atoms with Crippen molar-refractivity contribution in [2.45, 2.75) is 180 Å². The molecule has 370 valence electrons. The second-order valence-corrected chi connectivity index (χ2v) is 18.9. The first-order valence-electron chi connectivity index (χ1n) is 23.2. The third kappa shape index (κ3) is 44.7. The number of carbonyl (C=O) groups is 2. The summed E-state index contributed by atoms with van der Waals surface area (Å²) in [6, 6.07) is 0. The second kappa shape index (κ2) is 40.7. The minimum absolute atomic E-state index is 0.0522. The Morgan fingerprint density at radius 1 is 0.562 bits per heavy atom. The van der Waals surface area contributed by atoms with Gasteiger partial charge in [0.1, 0.15) is 12.7 Å². The zero-order valence-corrected chi connectivity index (χ0v) is 40.5. The van der Waals surface area contributed by atoms with Gasteiger partial charge >= 0.3 is 27.6 Å². The van der Waals surface area contributed by atoms with E-state index in [4.69, 9.17) is 23.8 Å². The summed E-state index contributed by atoms with van der Waals surface area (Å²) in [6.07, 6.45) is 36.9. The zero-order chi connectivity index (χ0) is 47.7. The number of aliphatic hydroxyl groups is 3. The number of phosphoric ester groups is 2. The zero-order valence-electron chi connectivity index (χ0n) is 38.7. The van der Waals surface area contributed by atoms with E-state index in [0.29, 0.717) is 32.1 Å². The molecule has 0 saturated heterocycles. The minimum Gasteiger partial charge on any atom is -0.462 e. The van der Waals surface area contributed by atoms with Crippen LogP contribution in [0.25, 0.3) is 0 Å². The largest absolute Gasteiger partial charge is 0.472 e. The summed E-state index contributed by atoms with van der Waals surface area (Å²) in [5, 5.41) is 29.7. The number of aliphatic hydroxyl groups excluding tert-OH is 3. The van der Waals surface area contributed by atoms with Crippen molar-refractivity contribution < 1.29 is 71.8 Å². The van der Waals surface area contributed by atoms with E-state index < -0.39 is 78.4 Å². The van der Waals surface area contributed by atoms with Gasteiger partial charge in [-0.25, -0.2) is 9.13 Å². The Kier molecular flexibility index (Phi) is 39.1. The highest BCUT2D eigenvalue weighted by molar-refractivity contribution is 7.47. The molecule has 0 aliphatic carbocycles. The van der Waals surface area contributed by atoms with Gasteiger partial charge in [-0.05, 0) is 44.4 Å². The van der Waals surface area contributed by atoms with Crippen LogP contribution >= 0.6 is 15.6 Å². The van der Waals surface area contributed by atoms with Gasteiger partial charge in [-0.3, -0.25) is 23.2 Å². The van der Waals surface area contributed by atoms with E-state index in [1.165, 1.54) is 64.2 Å². The molecule has 0 aliphatic rings. The van der Waals surface area contributed by atoms with E-state index in [9.17, 15) is 38.9 Å². The van der Waals surface area contributed by atoms with Crippen LogP contribution in [0, 0.1) is 5.92 Å². The Labute approximate surface area is 383 Å². The maximum Gasteiger partial charge on any atom is 0.472 e. The van der Waals surface area contributed by atoms with Gasteiger partial charge in [0.15, 0.2) is 6.10 Å². The Morgan fingerprint density at radius 3 is 1.61 bits per heavy atom. The molecule has 0 aromatic heterocycles. The summed E-state index contributed by atoms with van der Waals surface area (Å²) in [5.74, 6) is -0.407. The Hall–Kier alpha value is -2.52. The van der Waals surface area contributed by atoms with Gasteiger partial charge in [0.05, 0.1) is 32.0 Å². The standard InChI is InChI=1S/C47H82O15P2/c1-4-5-23-31-42(48)33-26-21-22-27-34-43(49)32-25-18-15-16-20-29-36-47(52)62-45(40-61-64(56,57)60-38-44(50)37-59-63(53,54)55)39-58-46(51)35-28-19-14-12-10-8-6-7-9-11-13-17-24-30-41(2)3/h5,16,18,20-23,25-27,33-34,41-45,48-50H,4,6-15,17,19,24,28-32,35-40H2,1-3H3,(H,56,57)(H2,53,54,55)/b20-16-,22-21-,23-5-,25-18-,33-26+,34-27+/t42-,43+,44-,45+/m0/s1. The number of allylic oxidation sites excluding steroid dienone is 8. The van der Waals surface area contributed by atoms with E-state index >= 15 is 0 Å². The topological polar surface area (TPSA) is 236 Å². The monoisotopic (exact) mass is 949 g/mol. The fraction of sp³-hybridized carbons (Fsp3) is 0.702. The van der Waals surface area contributed by atoms with Crippen molar-refractivity contribution >= 4 is 27.6 Å². The summed E-state index contributed by atoms with van der Waals surface area (Å²) in [6.45, 7) is 3.69. The van der Waals surface area contributed by atoms with Crippen LogP contribution in [0.4, 0.5) is 0 Å². The Bertz CT molecular complexity index is 1450. The predicted octanol–water partition coefficient (Wildman–Crippen LogP) is 9.97. The molecule has 0 spiro atoms. The maximum absolute atomic E-state index is 12.7. The van der Waals surface area contributed by atoms with Crippen LogP contribution in [-0.2, 0) is 41.8 Å². The lowest BCUT2D eigenvalue weighted by atomic mass is 10.0. The van der Waals surface area contributed by atoms with Crippen LogP contribution in [0.1, 0.15) is 156 Å². The number of hydrogen-bond donors (Lipinski definition) is 6. The molecule has 5 atom stereocenters. The Balaban J connectivity index is 4.71. The molecule has 0 amide bonds. The lowest BCUT2D eigenvalue weighted by molar-refractivity contribution is -0.161. The minimum atomic E-state index is -4.89. The van der Waals surface area contributed by atoms with Crippen molar-refractivity contribution in [2.24, 2.45) is 5.92 Å². The Morgan fingerprint density at radius 2 is 1.06 bits per heavy atom. The SMILES string of the molecule is CC/C=C\C[C@H](O)/C=C/C=C\C=C\[C@H](O)C/C=C\C/C=C\CCC(=O)O[C@H](COC(=O)CCCCCCCCCCCCCCCC(C)C)COP(=O)(O)OC[C@@H](O)COP(=O)(O)O. The van der Waals surface area contributed by atoms with Crippen LogP contribution in [0.5, 0.6) is 0 Å². The quantitative estimate of drug-likeness (QED) is 0.0110. The lowest BCUT2D eigenvalue weighted by Crippen LogP contribution is -2.29. The number of ether oxygens (including phenoxy) is 2. The van der Waals surface area contributed by atoms with Crippen molar-refractivity contribution in [3.8, 4) is 0 Å². The van der Waals surface area contributed by atoms with Crippen molar-refractivity contribution in [1.82, 2.24) is 0 Å². The average Bonchev–Trinajstić information content (AvgIpc) is 3.23. The molecule has 64 heavy (non-hydrogen) atoms. The molecule has 0 fully saturated rings. The molecule has 1 unspecified atom stereocenters. The second-order valence-electron chi connectivity index (χ2n) is 16.2. The van der Waals surface area contributed by atoms with Gasteiger partial charge < -0.3 is 39.5 Å². The van der Waals surface area contributed by atoms with Crippen LogP contribution < -0.4 is 0 Å². The van der Waals surface area contributed by atoms with E-state index in [1.54, 1.807) is 42.5 Å². The molecular formula is C47H82O15P2. The first kappa shape index (κ1) is 61.5. The lowest BCUT2D eigenvalue weighted by Gasteiger charge is -2.20. The fourth-order valence-electron chi connectivity index (χ4n) is 5.91. The van der Waals surface area contributed by atoms with E-state index in [0.717, 1.165) is 31.6 Å².